The molecule has 2 aromatic rings. The number of nitro groups is 1. The van der Waals surface area contributed by atoms with Gasteiger partial charge in [-0.25, -0.2) is 0 Å². The van der Waals surface area contributed by atoms with E-state index in [-0.39, 0.29) is 11.4 Å². The fourth-order valence-corrected chi connectivity index (χ4v) is 2.41. The highest BCUT2D eigenvalue weighted by Gasteiger charge is 2.11. The van der Waals surface area contributed by atoms with E-state index in [4.69, 9.17) is 0 Å². The molecular weight excluding hydrogens is 328 g/mol. The Hall–Kier alpha value is -3.28. The first-order valence-electron chi connectivity index (χ1n) is 8.37. The molecule has 0 saturated heterocycles. The second-order valence-electron chi connectivity index (χ2n) is 5.60. The number of benzene rings is 2. The monoisotopic (exact) mass is 350 g/mol. The summed E-state index contributed by atoms with van der Waals surface area (Å²) < 4.78 is 0. The normalized spacial score (nSPS) is 10.6. The summed E-state index contributed by atoms with van der Waals surface area (Å²) in [5, 5.41) is 19.1. The van der Waals surface area contributed by atoms with E-state index in [9.17, 15) is 10.1 Å². The Morgan fingerprint density at radius 1 is 0.962 bits per heavy atom. The van der Waals surface area contributed by atoms with Gasteiger partial charge in [0.1, 0.15) is 0 Å². The van der Waals surface area contributed by atoms with Crippen molar-refractivity contribution in [2.24, 2.45) is 10.2 Å². The minimum Gasteiger partial charge on any atom is -0.371 e. The van der Waals surface area contributed by atoms with Crippen LogP contribution >= 0.6 is 0 Å². The Morgan fingerprint density at radius 2 is 1.58 bits per heavy atom. The number of azo groups is 1. The van der Waals surface area contributed by atoms with Gasteiger partial charge in [0.15, 0.2) is 5.69 Å². The lowest BCUT2D eigenvalue weighted by molar-refractivity contribution is -0.384. The summed E-state index contributed by atoms with van der Waals surface area (Å²) in [7, 11) is 0. The third-order valence-electron chi connectivity index (χ3n) is 3.77. The van der Waals surface area contributed by atoms with Gasteiger partial charge in [-0.3, -0.25) is 10.1 Å². The zero-order chi connectivity index (χ0) is 18.8. The molecular formula is C20H22N4O2. The molecule has 134 valence electrons. The topological polar surface area (TPSA) is 71.1 Å². The quantitative estimate of drug-likeness (QED) is 0.229. The van der Waals surface area contributed by atoms with Crippen molar-refractivity contribution in [2.75, 3.05) is 18.0 Å². The zero-order valence-electron chi connectivity index (χ0n) is 14.6. The van der Waals surface area contributed by atoms with E-state index in [0.29, 0.717) is 5.69 Å². The molecule has 0 aliphatic carbocycles. The molecule has 0 aliphatic heterocycles. The van der Waals surface area contributed by atoms with Crippen molar-refractivity contribution in [3.63, 3.8) is 0 Å². The van der Waals surface area contributed by atoms with Gasteiger partial charge in [-0.2, -0.15) is 5.11 Å². The maximum atomic E-state index is 11.0. The molecule has 2 aromatic carbocycles. The Balaban J connectivity index is 2.14. The second kappa shape index (κ2) is 9.88. The molecule has 0 atom stereocenters. The van der Waals surface area contributed by atoms with Gasteiger partial charge in [0.25, 0.3) is 5.69 Å². The molecule has 0 radical (unpaired) electrons. The van der Waals surface area contributed by atoms with Crippen LogP contribution in [0.3, 0.4) is 0 Å². The van der Waals surface area contributed by atoms with Gasteiger partial charge < -0.3 is 4.90 Å². The predicted octanol–water partition coefficient (Wildman–Crippen LogP) is 5.97. The van der Waals surface area contributed by atoms with Gasteiger partial charge in [0.05, 0.1) is 10.6 Å². The van der Waals surface area contributed by atoms with E-state index in [0.717, 1.165) is 31.6 Å². The summed E-state index contributed by atoms with van der Waals surface area (Å²) in [6.07, 6.45) is 5.60. The first kappa shape index (κ1) is 19.1. The lowest BCUT2D eigenvalue weighted by Crippen LogP contribution is -2.24. The lowest BCUT2D eigenvalue weighted by Gasteiger charge is -2.23. The van der Waals surface area contributed by atoms with E-state index in [1.54, 1.807) is 18.2 Å². The molecule has 0 saturated carbocycles. The first-order valence-corrected chi connectivity index (χ1v) is 8.37. The molecule has 0 bridgehead atoms. The molecule has 2 rings (SSSR count). The number of nitro benzene ring substituents is 1. The maximum Gasteiger partial charge on any atom is 0.296 e. The minimum absolute atomic E-state index is 0.0621. The molecule has 0 aromatic heterocycles. The molecule has 6 heteroatoms. The number of rotatable bonds is 10. The van der Waals surface area contributed by atoms with Crippen LogP contribution in [0.4, 0.5) is 22.7 Å². The zero-order valence-corrected chi connectivity index (χ0v) is 14.6. The molecule has 0 N–H and O–H groups in total. The van der Waals surface area contributed by atoms with Crippen LogP contribution in [0.2, 0.25) is 0 Å². The van der Waals surface area contributed by atoms with Crippen molar-refractivity contribution in [1.29, 1.82) is 0 Å². The molecule has 0 amide bonds. The molecule has 6 nitrogen and oxygen atoms in total. The summed E-state index contributed by atoms with van der Waals surface area (Å²) in [6.45, 7) is 9.31. The Kier molecular flexibility index (Phi) is 7.24. The van der Waals surface area contributed by atoms with E-state index in [1.807, 2.05) is 36.4 Å². The van der Waals surface area contributed by atoms with Crippen molar-refractivity contribution in [2.45, 2.75) is 12.8 Å². The molecule has 0 aliphatic rings. The van der Waals surface area contributed by atoms with Gasteiger partial charge in [-0.05, 0) is 43.2 Å². The van der Waals surface area contributed by atoms with E-state index in [2.05, 4.69) is 28.3 Å². The Labute approximate surface area is 153 Å². The predicted molar refractivity (Wildman–Crippen MR) is 106 cm³/mol. The SMILES string of the molecule is C=CCCN(CCC=C)c1ccc(N=Nc2ccccc2[N+](=O)[O-])cc1. The lowest BCUT2D eigenvalue weighted by atomic mass is 10.2. The van der Waals surface area contributed by atoms with Crippen molar-refractivity contribution < 1.29 is 4.92 Å². The number of anilines is 1. The van der Waals surface area contributed by atoms with E-state index >= 15 is 0 Å². The number of hydrogen-bond donors (Lipinski definition) is 0. The number of para-hydroxylation sites is 1. The van der Waals surface area contributed by atoms with Gasteiger partial charge in [-0.15, -0.1) is 18.3 Å². The number of hydrogen-bond acceptors (Lipinski definition) is 5. The highest BCUT2D eigenvalue weighted by molar-refractivity contribution is 5.57. The van der Waals surface area contributed by atoms with Gasteiger partial charge in [-0.1, -0.05) is 24.3 Å². The van der Waals surface area contributed by atoms with E-state index in [1.165, 1.54) is 6.07 Å². The van der Waals surface area contributed by atoms with Gasteiger partial charge in [0.2, 0.25) is 0 Å². The summed E-state index contributed by atoms with van der Waals surface area (Å²) in [5.41, 5.74) is 1.89. The van der Waals surface area contributed by atoms with Crippen LogP contribution in [0.15, 0.2) is 84.1 Å². The van der Waals surface area contributed by atoms with Gasteiger partial charge >= 0.3 is 0 Å². The molecule has 0 spiro atoms. The van der Waals surface area contributed by atoms with Crippen molar-refractivity contribution in [1.82, 2.24) is 0 Å². The van der Waals surface area contributed by atoms with Crippen molar-refractivity contribution in [3.05, 3.63) is 84.0 Å². The van der Waals surface area contributed by atoms with E-state index < -0.39 is 4.92 Å². The number of nitrogens with zero attached hydrogens (tertiary/aromatic N) is 4. The van der Waals surface area contributed by atoms with Gasteiger partial charge in [0, 0.05) is 24.8 Å². The highest BCUT2D eigenvalue weighted by atomic mass is 16.6. The molecule has 0 unspecified atom stereocenters. The van der Waals surface area contributed by atoms with Crippen molar-refractivity contribution in [3.8, 4) is 0 Å². The standard InChI is InChI=1S/C20H22N4O2/c1-3-5-15-23(16-6-4-2)18-13-11-17(12-14-18)21-22-19-9-7-8-10-20(19)24(25)26/h3-4,7-14H,1-2,5-6,15-16H2. The average molecular weight is 350 g/mol. The summed E-state index contributed by atoms with van der Waals surface area (Å²) in [4.78, 5) is 12.8. The second-order valence-corrected chi connectivity index (χ2v) is 5.60. The van der Waals surface area contributed by atoms with Crippen LogP contribution in [0.1, 0.15) is 12.8 Å². The highest BCUT2D eigenvalue weighted by Crippen LogP contribution is 2.29. The molecule has 26 heavy (non-hydrogen) atoms. The fraction of sp³-hybridized carbons (Fsp3) is 0.200. The van der Waals surface area contributed by atoms with Crippen LogP contribution in [0.5, 0.6) is 0 Å². The first-order chi connectivity index (χ1) is 12.7. The minimum atomic E-state index is -0.464. The summed E-state index contributed by atoms with van der Waals surface area (Å²) in [5.74, 6) is 0. The third kappa shape index (κ3) is 5.37. The average Bonchev–Trinajstić information content (AvgIpc) is 2.67. The van der Waals surface area contributed by atoms with Crippen molar-refractivity contribution >= 4 is 22.7 Å². The Morgan fingerprint density at radius 3 is 2.15 bits per heavy atom. The fourth-order valence-electron chi connectivity index (χ4n) is 2.41. The maximum absolute atomic E-state index is 11.0. The van der Waals surface area contributed by atoms with Crippen LogP contribution in [-0.4, -0.2) is 18.0 Å². The van der Waals surface area contributed by atoms with Crippen LogP contribution < -0.4 is 4.90 Å². The Bertz CT molecular complexity index is 773. The third-order valence-corrected chi connectivity index (χ3v) is 3.77. The molecule has 0 heterocycles. The van der Waals surface area contributed by atoms with Crippen LogP contribution in [-0.2, 0) is 0 Å². The molecule has 0 fully saturated rings. The summed E-state index contributed by atoms with van der Waals surface area (Å²) in [6, 6.07) is 13.9. The van der Waals surface area contributed by atoms with Crippen LogP contribution in [0, 0.1) is 10.1 Å². The smallest absolute Gasteiger partial charge is 0.296 e. The van der Waals surface area contributed by atoms with Crippen LogP contribution in [0.25, 0.3) is 0 Å². The largest absolute Gasteiger partial charge is 0.371 e. The summed E-state index contributed by atoms with van der Waals surface area (Å²) >= 11 is 0.